The Morgan fingerprint density at radius 1 is 1.12 bits per heavy atom. The van der Waals surface area contributed by atoms with Crippen molar-refractivity contribution in [1.29, 1.82) is 5.26 Å². The highest BCUT2D eigenvalue weighted by atomic mass is 32.2. The van der Waals surface area contributed by atoms with Crippen molar-refractivity contribution in [3.63, 3.8) is 0 Å². The second-order valence-electron chi connectivity index (χ2n) is 5.49. The van der Waals surface area contributed by atoms with Gasteiger partial charge in [-0.25, -0.2) is 0 Å². The minimum Gasteiger partial charge on any atom is -0.192 e. The number of thiophene rings is 1. The molecule has 0 saturated heterocycles. The number of aryl methyl sites for hydroxylation is 1. The van der Waals surface area contributed by atoms with Gasteiger partial charge in [-0.05, 0) is 23.5 Å². The van der Waals surface area contributed by atoms with Gasteiger partial charge in [-0.15, -0.1) is 11.3 Å². The van der Waals surface area contributed by atoms with Crippen molar-refractivity contribution in [1.82, 2.24) is 0 Å². The zero-order valence-electron chi connectivity index (χ0n) is 13.5. The van der Waals surface area contributed by atoms with Gasteiger partial charge in [0.15, 0.2) is 0 Å². The third-order valence-electron chi connectivity index (χ3n) is 3.80. The Morgan fingerprint density at radius 2 is 1.83 bits per heavy atom. The highest BCUT2D eigenvalue weighted by Crippen LogP contribution is 2.42. The smallest absolute Gasteiger partial charge is 0.102 e. The molecule has 0 unspecified atom stereocenters. The summed E-state index contributed by atoms with van der Waals surface area (Å²) in [4.78, 5) is 1.23. The van der Waals surface area contributed by atoms with Crippen LogP contribution in [0.4, 0.5) is 0 Å². The summed E-state index contributed by atoms with van der Waals surface area (Å²) in [5, 5.41) is 11.5. The van der Waals surface area contributed by atoms with Crippen LogP contribution >= 0.6 is 23.1 Å². The maximum atomic E-state index is 9.71. The van der Waals surface area contributed by atoms with Crippen LogP contribution in [0.1, 0.15) is 21.6 Å². The molecule has 0 atom stereocenters. The summed E-state index contributed by atoms with van der Waals surface area (Å²) in [6, 6.07) is 21.2. The molecular formula is C21H17NS2. The Kier molecular flexibility index (Phi) is 5.20. The van der Waals surface area contributed by atoms with Crippen LogP contribution in [0.25, 0.3) is 11.1 Å². The Morgan fingerprint density at radius 3 is 2.46 bits per heavy atom. The molecule has 3 heteroatoms. The maximum absolute atomic E-state index is 9.71. The van der Waals surface area contributed by atoms with E-state index in [1.165, 1.54) is 27.8 Å². The number of hydrogen-bond donors (Lipinski definition) is 0. The van der Waals surface area contributed by atoms with Crippen LogP contribution in [-0.4, -0.2) is 0 Å². The minimum atomic E-state index is 0.762. The molecule has 118 valence electrons. The van der Waals surface area contributed by atoms with E-state index < -0.39 is 0 Å². The molecule has 1 aromatic heterocycles. The lowest BCUT2D eigenvalue weighted by Crippen LogP contribution is -1.89. The number of benzene rings is 2. The van der Waals surface area contributed by atoms with Crippen LogP contribution < -0.4 is 0 Å². The summed E-state index contributed by atoms with van der Waals surface area (Å²) >= 11 is 3.23. The first-order chi connectivity index (χ1) is 11.7. The van der Waals surface area contributed by atoms with Crippen LogP contribution in [0.5, 0.6) is 0 Å². The topological polar surface area (TPSA) is 23.8 Å². The van der Waals surface area contributed by atoms with Crippen molar-refractivity contribution >= 4 is 23.1 Å². The second kappa shape index (κ2) is 7.53. The van der Waals surface area contributed by atoms with Crippen molar-refractivity contribution in [2.24, 2.45) is 0 Å². The molecule has 0 bridgehead atoms. The molecule has 0 amide bonds. The van der Waals surface area contributed by atoms with E-state index in [1.54, 1.807) is 16.7 Å². The van der Waals surface area contributed by atoms with E-state index in [0.29, 0.717) is 0 Å². The van der Waals surface area contributed by atoms with Gasteiger partial charge in [-0.3, -0.25) is 0 Å². The Balaban J connectivity index is 2.12. The van der Waals surface area contributed by atoms with Crippen LogP contribution in [0.3, 0.4) is 0 Å². The van der Waals surface area contributed by atoms with Gasteiger partial charge in [0.25, 0.3) is 0 Å². The minimum absolute atomic E-state index is 0.762. The van der Waals surface area contributed by atoms with Gasteiger partial charge in [-0.2, -0.15) is 5.26 Å². The van der Waals surface area contributed by atoms with Gasteiger partial charge in [0.05, 0.1) is 9.77 Å². The summed E-state index contributed by atoms with van der Waals surface area (Å²) in [6.45, 7) is 5.89. The Labute approximate surface area is 151 Å². The molecule has 24 heavy (non-hydrogen) atoms. The molecule has 0 aliphatic heterocycles. The summed E-state index contributed by atoms with van der Waals surface area (Å²) < 4.78 is 1.02. The lowest BCUT2D eigenvalue weighted by Gasteiger charge is -2.06. The van der Waals surface area contributed by atoms with Crippen LogP contribution in [0.2, 0.25) is 0 Å². The summed E-state index contributed by atoms with van der Waals surface area (Å²) in [5.74, 6) is 0. The van der Waals surface area contributed by atoms with Crippen LogP contribution in [0.15, 0.2) is 70.8 Å². The van der Waals surface area contributed by atoms with Gasteiger partial charge >= 0.3 is 0 Å². The van der Waals surface area contributed by atoms with Gasteiger partial charge in [-0.1, -0.05) is 78.5 Å². The molecule has 0 spiro atoms. The summed E-state index contributed by atoms with van der Waals surface area (Å²) in [7, 11) is 0. The third-order valence-corrected chi connectivity index (χ3v) is 5.91. The van der Waals surface area contributed by atoms with Crippen molar-refractivity contribution in [2.45, 2.75) is 17.6 Å². The van der Waals surface area contributed by atoms with E-state index in [-0.39, 0.29) is 0 Å². The molecule has 0 N–H and O–H groups in total. The van der Waals surface area contributed by atoms with E-state index in [1.807, 2.05) is 18.2 Å². The molecule has 0 fully saturated rings. The van der Waals surface area contributed by atoms with Crippen molar-refractivity contribution in [3.05, 3.63) is 88.2 Å². The summed E-state index contributed by atoms with van der Waals surface area (Å²) in [5.41, 5.74) is 5.45. The SMILES string of the molecule is C=CSc1sc(Cc2ccc(C)cc2)c(-c2ccccc2)c1C#N. The second-order valence-corrected chi connectivity index (χ2v) is 7.83. The fourth-order valence-corrected chi connectivity index (χ4v) is 4.79. The zero-order valence-corrected chi connectivity index (χ0v) is 15.1. The first-order valence-electron chi connectivity index (χ1n) is 7.67. The largest absolute Gasteiger partial charge is 0.192 e. The Hall–Kier alpha value is -2.28. The first-order valence-corrected chi connectivity index (χ1v) is 9.37. The van der Waals surface area contributed by atoms with E-state index in [2.05, 4.69) is 56.0 Å². The number of nitriles is 1. The molecule has 1 heterocycles. The van der Waals surface area contributed by atoms with E-state index >= 15 is 0 Å². The molecule has 3 rings (SSSR count). The van der Waals surface area contributed by atoms with E-state index in [9.17, 15) is 5.26 Å². The first kappa shape index (κ1) is 16.6. The van der Waals surface area contributed by atoms with Crippen molar-refractivity contribution < 1.29 is 0 Å². The predicted molar refractivity (Wildman–Crippen MR) is 105 cm³/mol. The van der Waals surface area contributed by atoms with E-state index in [0.717, 1.165) is 27.3 Å². The monoisotopic (exact) mass is 347 g/mol. The standard InChI is InChI=1S/C21H17NS2/c1-3-23-21-18(14-22)20(17-7-5-4-6-8-17)19(24-21)13-16-11-9-15(2)10-12-16/h3-12H,1,13H2,2H3. The highest BCUT2D eigenvalue weighted by molar-refractivity contribution is 8.03. The molecule has 0 aliphatic carbocycles. The third kappa shape index (κ3) is 3.46. The van der Waals surface area contributed by atoms with Crippen LogP contribution in [-0.2, 0) is 6.42 Å². The lowest BCUT2D eigenvalue weighted by molar-refractivity contribution is 1.23. The molecular weight excluding hydrogens is 330 g/mol. The number of rotatable bonds is 5. The molecule has 2 aromatic carbocycles. The number of hydrogen-bond acceptors (Lipinski definition) is 3. The molecule has 0 radical (unpaired) electrons. The van der Waals surface area contributed by atoms with E-state index in [4.69, 9.17) is 0 Å². The average molecular weight is 348 g/mol. The predicted octanol–water partition coefficient (Wildman–Crippen LogP) is 6.42. The maximum Gasteiger partial charge on any atom is 0.102 e. The van der Waals surface area contributed by atoms with Crippen molar-refractivity contribution in [2.75, 3.05) is 0 Å². The number of thioether (sulfide) groups is 1. The van der Waals surface area contributed by atoms with Gasteiger partial charge < -0.3 is 0 Å². The van der Waals surface area contributed by atoms with Gasteiger partial charge in [0.2, 0.25) is 0 Å². The zero-order chi connectivity index (χ0) is 16.9. The quantitative estimate of drug-likeness (QED) is 0.497. The van der Waals surface area contributed by atoms with Crippen molar-refractivity contribution in [3.8, 4) is 17.2 Å². The molecule has 3 aromatic rings. The van der Waals surface area contributed by atoms with Gasteiger partial charge in [0, 0.05) is 16.9 Å². The molecule has 1 nitrogen and oxygen atoms in total. The van der Waals surface area contributed by atoms with Gasteiger partial charge in [0.1, 0.15) is 6.07 Å². The fraction of sp³-hybridized carbons (Fsp3) is 0.0952. The normalized spacial score (nSPS) is 10.3. The highest BCUT2D eigenvalue weighted by Gasteiger charge is 2.19. The Bertz CT molecular complexity index is 884. The fourth-order valence-electron chi connectivity index (χ4n) is 2.64. The molecule has 0 aliphatic rings. The number of nitrogens with zero attached hydrogens (tertiary/aromatic N) is 1. The average Bonchev–Trinajstić information content (AvgIpc) is 2.95. The van der Waals surface area contributed by atoms with Crippen LogP contribution in [0, 0.1) is 18.3 Å². The summed E-state index contributed by atoms with van der Waals surface area (Å²) in [6.07, 6.45) is 0.835. The molecule has 0 saturated carbocycles. The lowest BCUT2D eigenvalue weighted by atomic mass is 9.99.